The zero-order chi connectivity index (χ0) is 25.9. The number of carbonyl (C=O) groups is 2. The lowest BCUT2D eigenvalue weighted by atomic mass is 10.1. The van der Waals surface area contributed by atoms with E-state index in [1.165, 1.54) is 57.8 Å². The number of hydrogen-bond donors (Lipinski definition) is 5. The van der Waals surface area contributed by atoms with Gasteiger partial charge in [0.05, 0.1) is 13.2 Å². The molecule has 0 fully saturated rings. The number of carboxylic acid groups (broad SMARTS) is 1. The number of amides is 1. The van der Waals surface area contributed by atoms with Gasteiger partial charge in [0.15, 0.2) is 0 Å². The first-order valence-electron chi connectivity index (χ1n) is 13.0. The summed E-state index contributed by atoms with van der Waals surface area (Å²) in [6, 6.07) is -0.747. The van der Waals surface area contributed by atoms with Crippen molar-refractivity contribution in [1.29, 1.82) is 0 Å². The molecule has 0 radical (unpaired) electrons. The number of thioether (sulfide) groups is 1. The Morgan fingerprint density at radius 3 is 1.79 bits per heavy atom. The third kappa shape index (κ3) is 27.2. The van der Waals surface area contributed by atoms with Gasteiger partial charge < -0.3 is 25.7 Å². The normalized spacial score (nSPS) is 11.9. The van der Waals surface area contributed by atoms with E-state index in [-0.39, 0.29) is 19.1 Å². The molecule has 0 saturated carbocycles. The Morgan fingerprint density at radius 1 is 0.853 bits per heavy atom. The number of rotatable bonds is 22. The van der Waals surface area contributed by atoms with Crippen molar-refractivity contribution < 1.29 is 30.0 Å². The van der Waals surface area contributed by atoms with Crippen LogP contribution in [0.1, 0.15) is 103 Å². The van der Waals surface area contributed by atoms with Gasteiger partial charge in [-0.2, -0.15) is 11.8 Å². The predicted octanol–water partition coefficient (Wildman–Crippen LogP) is 4.68. The molecule has 5 N–H and O–H groups in total. The molecule has 0 saturated heterocycles. The molecule has 0 aliphatic carbocycles. The average molecular weight is 506 g/mol. The Balaban J connectivity index is 0. The van der Waals surface area contributed by atoms with Crippen LogP contribution in [0.25, 0.3) is 0 Å². The first kappa shape index (κ1) is 35.1. The van der Waals surface area contributed by atoms with Gasteiger partial charge in [-0.15, -0.1) is 0 Å². The third-order valence-corrected chi connectivity index (χ3v) is 5.98. The Morgan fingerprint density at radius 2 is 1.35 bits per heavy atom. The van der Waals surface area contributed by atoms with Crippen molar-refractivity contribution >= 4 is 23.6 Å². The fraction of sp³-hybridized carbons (Fsp3) is 0.846. The van der Waals surface area contributed by atoms with Crippen LogP contribution in [0.5, 0.6) is 0 Å². The SMILES string of the molecule is CCCCCCCCC=CCCCCCCCC(=O)NC(CCSC)C(=O)O.OCC(O)CO. The first-order chi connectivity index (χ1) is 16.4. The van der Waals surface area contributed by atoms with E-state index < -0.39 is 18.1 Å². The second kappa shape index (κ2) is 28.1. The predicted molar refractivity (Wildman–Crippen MR) is 142 cm³/mol. The Kier molecular flexibility index (Phi) is 29.0. The number of aliphatic hydroxyl groups excluding tert-OH is 3. The molecule has 0 rings (SSSR count). The van der Waals surface area contributed by atoms with Gasteiger partial charge in [-0.3, -0.25) is 4.79 Å². The van der Waals surface area contributed by atoms with Gasteiger partial charge in [0.25, 0.3) is 0 Å². The van der Waals surface area contributed by atoms with Gasteiger partial charge in [-0.25, -0.2) is 4.79 Å². The van der Waals surface area contributed by atoms with Crippen molar-refractivity contribution in [3.8, 4) is 0 Å². The molecule has 1 atom stereocenters. The Labute approximate surface area is 211 Å². The smallest absolute Gasteiger partial charge is 0.326 e. The molecule has 1 amide bonds. The van der Waals surface area contributed by atoms with Crippen LogP contribution in [0.2, 0.25) is 0 Å². The van der Waals surface area contributed by atoms with Crippen molar-refractivity contribution in [2.24, 2.45) is 0 Å². The van der Waals surface area contributed by atoms with E-state index in [4.69, 9.17) is 20.4 Å². The summed E-state index contributed by atoms with van der Waals surface area (Å²) in [6.07, 6.45) is 22.5. The van der Waals surface area contributed by atoms with Crippen LogP contribution in [0, 0.1) is 0 Å². The van der Waals surface area contributed by atoms with Crippen LogP contribution in [-0.2, 0) is 9.59 Å². The van der Waals surface area contributed by atoms with E-state index in [0.717, 1.165) is 31.4 Å². The minimum atomic E-state index is -0.954. The third-order valence-electron chi connectivity index (χ3n) is 5.33. The zero-order valence-electron chi connectivity index (χ0n) is 21.6. The lowest BCUT2D eigenvalue weighted by molar-refractivity contribution is -0.141. The second-order valence-electron chi connectivity index (χ2n) is 8.59. The first-order valence-corrected chi connectivity index (χ1v) is 14.4. The molecule has 202 valence electrons. The Hall–Kier alpha value is -1.09. The Bertz CT molecular complexity index is 486. The molecule has 7 nitrogen and oxygen atoms in total. The minimum Gasteiger partial charge on any atom is -0.480 e. The van der Waals surface area contributed by atoms with Crippen molar-refractivity contribution in [2.45, 2.75) is 115 Å². The van der Waals surface area contributed by atoms with E-state index in [0.29, 0.717) is 12.8 Å². The van der Waals surface area contributed by atoms with Crippen molar-refractivity contribution in [1.82, 2.24) is 5.32 Å². The maximum Gasteiger partial charge on any atom is 0.326 e. The summed E-state index contributed by atoms with van der Waals surface area (Å²) in [5.74, 6) is -0.330. The maximum atomic E-state index is 11.9. The standard InChI is InChI=1S/C23H43NO3S.C3H8O3/c1-3-4-5-6-7-8-9-10-11-12-13-14-15-16-17-18-22(25)24-21(23(26)27)19-20-28-2;4-1-3(6)2-5/h10-11,21H,3-9,12-20H2,1-2H3,(H,24,25)(H,26,27);3-6H,1-2H2. The fourth-order valence-electron chi connectivity index (χ4n) is 3.17. The number of aliphatic hydroxyl groups is 3. The van der Waals surface area contributed by atoms with Gasteiger partial charge in [0.1, 0.15) is 12.1 Å². The number of aliphatic carboxylic acids is 1. The molecule has 8 heteroatoms. The van der Waals surface area contributed by atoms with E-state index in [1.54, 1.807) is 11.8 Å². The summed E-state index contributed by atoms with van der Waals surface area (Å²) in [6.45, 7) is 1.53. The number of carbonyl (C=O) groups excluding carboxylic acids is 1. The van der Waals surface area contributed by atoms with E-state index >= 15 is 0 Å². The van der Waals surface area contributed by atoms with Gasteiger partial charge in [0, 0.05) is 6.42 Å². The summed E-state index contributed by atoms with van der Waals surface area (Å²) in [7, 11) is 0. The fourth-order valence-corrected chi connectivity index (χ4v) is 3.65. The van der Waals surface area contributed by atoms with Crippen LogP contribution in [-0.4, -0.2) is 69.7 Å². The molecule has 0 heterocycles. The summed E-state index contributed by atoms with van der Waals surface area (Å²) in [4.78, 5) is 23.0. The highest BCUT2D eigenvalue weighted by atomic mass is 32.2. The van der Waals surface area contributed by atoms with Crippen LogP contribution in [0.4, 0.5) is 0 Å². The van der Waals surface area contributed by atoms with Crippen LogP contribution in [0.3, 0.4) is 0 Å². The lowest BCUT2D eigenvalue weighted by Crippen LogP contribution is -2.41. The topological polar surface area (TPSA) is 127 Å². The number of hydrogen-bond acceptors (Lipinski definition) is 6. The lowest BCUT2D eigenvalue weighted by Gasteiger charge is -2.13. The minimum absolute atomic E-state index is 0.133. The van der Waals surface area contributed by atoms with E-state index in [2.05, 4.69) is 24.4 Å². The quantitative estimate of drug-likeness (QED) is 0.107. The number of unbranched alkanes of at least 4 members (excludes halogenated alkanes) is 11. The molecule has 0 aromatic rings. The van der Waals surface area contributed by atoms with Crippen molar-refractivity contribution in [2.75, 3.05) is 25.2 Å². The van der Waals surface area contributed by atoms with Crippen molar-refractivity contribution in [3.63, 3.8) is 0 Å². The molecule has 0 aromatic heterocycles. The molecule has 0 bridgehead atoms. The molecule has 34 heavy (non-hydrogen) atoms. The summed E-state index contributed by atoms with van der Waals surface area (Å²) in [5.41, 5.74) is 0. The molecule has 1 unspecified atom stereocenters. The van der Waals surface area contributed by atoms with Crippen LogP contribution >= 0.6 is 11.8 Å². The van der Waals surface area contributed by atoms with E-state index in [9.17, 15) is 9.59 Å². The average Bonchev–Trinajstić information content (AvgIpc) is 2.83. The number of allylic oxidation sites excluding steroid dienone is 2. The molecular formula is C26H51NO6S. The van der Waals surface area contributed by atoms with Gasteiger partial charge in [0.2, 0.25) is 5.91 Å². The van der Waals surface area contributed by atoms with Gasteiger partial charge in [-0.05, 0) is 50.5 Å². The molecule has 0 spiro atoms. The molecular weight excluding hydrogens is 454 g/mol. The summed E-state index contributed by atoms with van der Waals surface area (Å²) < 4.78 is 0. The van der Waals surface area contributed by atoms with Crippen LogP contribution < -0.4 is 5.32 Å². The molecule has 0 aliphatic rings. The molecule has 0 aromatic carbocycles. The highest BCUT2D eigenvalue weighted by Gasteiger charge is 2.18. The van der Waals surface area contributed by atoms with Crippen LogP contribution in [0.15, 0.2) is 12.2 Å². The van der Waals surface area contributed by atoms with E-state index in [1.807, 2.05) is 6.26 Å². The summed E-state index contributed by atoms with van der Waals surface area (Å²) >= 11 is 1.59. The maximum absolute atomic E-state index is 11.9. The largest absolute Gasteiger partial charge is 0.480 e. The second-order valence-corrected chi connectivity index (χ2v) is 9.58. The van der Waals surface area contributed by atoms with Crippen molar-refractivity contribution in [3.05, 3.63) is 12.2 Å². The highest BCUT2D eigenvalue weighted by molar-refractivity contribution is 7.98. The molecule has 0 aliphatic heterocycles. The van der Waals surface area contributed by atoms with Gasteiger partial charge in [-0.1, -0.05) is 70.4 Å². The number of nitrogens with one attached hydrogen (secondary N) is 1. The van der Waals surface area contributed by atoms with Gasteiger partial charge >= 0.3 is 5.97 Å². The highest BCUT2D eigenvalue weighted by Crippen LogP contribution is 2.10. The number of carboxylic acids is 1. The monoisotopic (exact) mass is 505 g/mol. The summed E-state index contributed by atoms with van der Waals surface area (Å²) in [5, 5.41) is 35.8. The zero-order valence-corrected chi connectivity index (χ0v) is 22.4.